The van der Waals surface area contributed by atoms with Gasteiger partial charge in [-0.15, -0.1) is 0 Å². The van der Waals surface area contributed by atoms with Gasteiger partial charge in [0.2, 0.25) is 0 Å². The molecule has 0 radical (unpaired) electrons. The third kappa shape index (κ3) is 5.40. The van der Waals surface area contributed by atoms with Crippen molar-refractivity contribution in [1.29, 1.82) is 0 Å². The minimum atomic E-state index is 0.318. The average Bonchev–Trinajstić information content (AvgIpc) is 2.18. The number of hydrogen-bond donors (Lipinski definition) is 1. The van der Waals surface area contributed by atoms with Gasteiger partial charge in [0.1, 0.15) is 0 Å². The first-order chi connectivity index (χ1) is 7.02. The van der Waals surface area contributed by atoms with Gasteiger partial charge >= 0.3 is 0 Å². The van der Waals surface area contributed by atoms with Gasteiger partial charge in [-0.3, -0.25) is 4.99 Å². The first-order valence-electron chi connectivity index (χ1n) is 5.72. The van der Waals surface area contributed by atoms with E-state index in [1.165, 1.54) is 0 Å². The molecular formula is C13H24N2. The molecule has 0 rings (SSSR count). The van der Waals surface area contributed by atoms with Gasteiger partial charge in [-0.25, -0.2) is 0 Å². The van der Waals surface area contributed by atoms with E-state index in [-0.39, 0.29) is 0 Å². The van der Waals surface area contributed by atoms with Crippen LogP contribution in [0.5, 0.6) is 0 Å². The van der Waals surface area contributed by atoms with Crippen molar-refractivity contribution >= 4 is 6.21 Å². The quantitative estimate of drug-likeness (QED) is 0.527. The standard InChI is InChI=1S/C13H24N2/c1-6-8-11(5)13(14)12(7-2)9-15-10(3)4/h9-10H,5-8,14H2,1-4H3. The van der Waals surface area contributed by atoms with E-state index < -0.39 is 0 Å². The maximum Gasteiger partial charge on any atom is 0.0443 e. The van der Waals surface area contributed by atoms with Gasteiger partial charge in [0.05, 0.1) is 0 Å². The highest BCUT2D eigenvalue weighted by Gasteiger charge is 2.02. The molecule has 0 atom stereocenters. The predicted molar refractivity (Wildman–Crippen MR) is 69.2 cm³/mol. The molecule has 0 fully saturated rings. The minimum absolute atomic E-state index is 0.318. The zero-order valence-corrected chi connectivity index (χ0v) is 10.5. The molecule has 15 heavy (non-hydrogen) atoms. The lowest BCUT2D eigenvalue weighted by Gasteiger charge is -2.09. The summed E-state index contributed by atoms with van der Waals surface area (Å²) in [6.45, 7) is 12.3. The van der Waals surface area contributed by atoms with Gasteiger partial charge < -0.3 is 5.73 Å². The van der Waals surface area contributed by atoms with Crippen LogP contribution in [0.25, 0.3) is 0 Å². The molecule has 0 amide bonds. The summed E-state index contributed by atoms with van der Waals surface area (Å²) >= 11 is 0. The van der Waals surface area contributed by atoms with Crippen molar-refractivity contribution in [3.63, 3.8) is 0 Å². The zero-order chi connectivity index (χ0) is 11.8. The van der Waals surface area contributed by atoms with Crippen LogP contribution in [0.1, 0.15) is 47.0 Å². The molecule has 0 aliphatic heterocycles. The Labute approximate surface area is 94.0 Å². The number of nitrogens with two attached hydrogens (primary N) is 1. The molecule has 0 heterocycles. The highest BCUT2D eigenvalue weighted by Crippen LogP contribution is 2.14. The molecule has 0 aromatic carbocycles. The molecule has 0 saturated heterocycles. The lowest BCUT2D eigenvalue weighted by Crippen LogP contribution is -2.06. The van der Waals surface area contributed by atoms with Crippen LogP contribution in [0.4, 0.5) is 0 Å². The van der Waals surface area contributed by atoms with E-state index in [0.717, 1.165) is 36.1 Å². The molecule has 0 aliphatic rings. The van der Waals surface area contributed by atoms with E-state index in [9.17, 15) is 0 Å². The van der Waals surface area contributed by atoms with Gasteiger partial charge in [0, 0.05) is 18.0 Å². The van der Waals surface area contributed by atoms with Crippen LogP contribution in [0.15, 0.2) is 28.4 Å². The summed E-state index contributed by atoms with van der Waals surface area (Å²) in [6.07, 6.45) is 4.84. The average molecular weight is 208 g/mol. The Hall–Kier alpha value is -1.05. The lowest BCUT2D eigenvalue weighted by molar-refractivity contribution is 0.838. The van der Waals surface area contributed by atoms with E-state index in [2.05, 4.69) is 39.3 Å². The molecule has 2 N–H and O–H groups in total. The van der Waals surface area contributed by atoms with Crippen molar-refractivity contribution in [1.82, 2.24) is 0 Å². The van der Waals surface area contributed by atoms with Crippen LogP contribution in [0.3, 0.4) is 0 Å². The molecule has 0 saturated carbocycles. The van der Waals surface area contributed by atoms with Gasteiger partial charge in [0.15, 0.2) is 0 Å². The number of hydrogen-bond acceptors (Lipinski definition) is 2. The van der Waals surface area contributed by atoms with Crippen LogP contribution in [-0.4, -0.2) is 12.3 Å². The number of aliphatic imine (C=N–C) groups is 1. The van der Waals surface area contributed by atoms with Gasteiger partial charge in [0.25, 0.3) is 0 Å². The molecule has 0 spiro atoms. The molecule has 0 bridgehead atoms. The smallest absolute Gasteiger partial charge is 0.0443 e. The Morgan fingerprint density at radius 3 is 2.40 bits per heavy atom. The summed E-state index contributed by atoms with van der Waals surface area (Å²) < 4.78 is 0. The van der Waals surface area contributed by atoms with E-state index in [0.29, 0.717) is 6.04 Å². The Bertz CT molecular complexity index is 260. The fourth-order valence-corrected chi connectivity index (χ4v) is 1.25. The number of rotatable bonds is 6. The minimum Gasteiger partial charge on any atom is -0.398 e. The molecule has 0 aliphatic carbocycles. The Morgan fingerprint density at radius 2 is 2.00 bits per heavy atom. The first kappa shape index (κ1) is 13.9. The second kappa shape index (κ2) is 7.27. The van der Waals surface area contributed by atoms with E-state index in [4.69, 9.17) is 5.73 Å². The summed E-state index contributed by atoms with van der Waals surface area (Å²) in [5.41, 5.74) is 8.99. The van der Waals surface area contributed by atoms with Gasteiger partial charge in [-0.2, -0.15) is 0 Å². The van der Waals surface area contributed by atoms with Crippen molar-refractivity contribution in [2.75, 3.05) is 0 Å². The van der Waals surface area contributed by atoms with Gasteiger partial charge in [-0.05, 0) is 37.8 Å². The van der Waals surface area contributed by atoms with E-state index in [1.54, 1.807) is 0 Å². The SMILES string of the molecule is C=C(CCC)C(N)=C(C=NC(C)C)CC. The van der Waals surface area contributed by atoms with Crippen LogP contribution >= 0.6 is 0 Å². The second-order valence-electron chi connectivity index (χ2n) is 4.02. The van der Waals surface area contributed by atoms with Crippen molar-refractivity contribution in [3.8, 4) is 0 Å². The molecule has 0 aromatic rings. The summed E-state index contributed by atoms with van der Waals surface area (Å²) in [6, 6.07) is 0.318. The Morgan fingerprint density at radius 1 is 1.40 bits per heavy atom. The number of allylic oxidation sites excluding steroid dienone is 2. The summed E-state index contributed by atoms with van der Waals surface area (Å²) in [5, 5.41) is 0. The highest BCUT2D eigenvalue weighted by atomic mass is 14.7. The topological polar surface area (TPSA) is 38.4 Å². The fourth-order valence-electron chi connectivity index (χ4n) is 1.25. The molecule has 2 nitrogen and oxygen atoms in total. The van der Waals surface area contributed by atoms with Crippen molar-refractivity contribution in [2.24, 2.45) is 10.7 Å². The van der Waals surface area contributed by atoms with Crippen LogP contribution in [0.2, 0.25) is 0 Å². The summed E-state index contributed by atoms with van der Waals surface area (Å²) in [7, 11) is 0. The number of nitrogens with zero attached hydrogens (tertiary/aromatic N) is 1. The zero-order valence-electron chi connectivity index (χ0n) is 10.5. The van der Waals surface area contributed by atoms with E-state index >= 15 is 0 Å². The fraction of sp³-hybridized carbons (Fsp3) is 0.615. The van der Waals surface area contributed by atoms with Crippen LogP contribution in [0, 0.1) is 0 Å². The normalized spacial score (nSPS) is 13.4. The van der Waals surface area contributed by atoms with Crippen molar-refractivity contribution in [2.45, 2.75) is 53.0 Å². The third-order valence-electron chi connectivity index (χ3n) is 2.19. The summed E-state index contributed by atoms with van der Waals surface area (Å²) in [4.78, 5) is 4.36. The summed E-state index contributed by atoms with van der Waals surface area (Å²) in [5.74, 6) is 0. The Kier molecular flexibility index (Phi) is 6.76. The Balaban J connectivity index is 4.73. The molecule has 86 valence electrons. The maximum atomic E-state index is 6.03. The molecule has 0 unspecified atom stereocenters. The highest BCUT2D eigenvalue weighted by molar-refractivity contribution is 5.80. The third-order valence-corrected chi connectivity index (χ3v) is 2.19. The molecule has 2 heteroatoms. The van der Waals surface area contributed by atoms with Crippen LogP contribution in [-0.2, 0) is 0 Å². The van der Waals surface area contributed by atoms with Gasteiger partial charge in [-0.1, -0.05) is 26.8 Å². The van der Waals surface area contributed by atoms with Crippen LogP contribution < -0.4 is 5.73 Å². The second-order valence-corrected chi connectivity index (χ2v) is 4.02. The largest absolute Gasteiger partial charge is 0.398 e. The molecule has 0 aromatic heterocycles. The first-order valence-corrected chi connectivity index (χ1v) is 5.72. The van der Waals surface area contributed by atoms with Crippen molar-refractivity contribution in [3.05, 3.63) is 23.4 Å². The predicted octanol–water partition coefficient (Wildman–Crippen LogP) is 3.44. The maximum absolute atomic E-state index is 6.03. The monoisotopic (exact) mass is 208 g/mol. The van der Waals surface area contributed by atoms with Crippen molar-refractivity contribution < 1.29 is 0 Å². The van der Waals surface area contributed by atoms with E-state index in [1.807, 2.05) is 6.21 Å². The lowest BCUT2D eigenvalue weighted by atomic mass is 10.0. The molecular weight excluding hydrogens is 184 g/mol.